The lowest BCUT2D eigenvalue weighted by molar-refractivity contribution is -0.0117. The Balaban J connectivity index is 1.55. The van der Waals surface area contributed by atoms with Gasteiger partial charge < -0.3 is 15.3 Å². The lowest BCUT2D eigenvalue weighted by Crippen LogP contribution is -2.50. The third kappa shape index (κ3) is 3.28. The molecule has 3 nitrogen and oxygen atoms in total. The van der Waals surface area contributed by atoms with Gasteiger partial charge in [-0.3, -0.25) is 0 Å². The van der Waals surface area contributed by atoms with Gasteiger partial charge in [0.05, 0.1) is 5.60 Å². The lowest BCUT2D eigenvalue weighted by atomic mass is 9.93. The first-order valence-corrected chi connectivity index (χ1v) is 7.39. The molecule has 2 N–H and O–H groups in total. The fourth-order valence-corrected chi connectivity index (χ4v) is 3.04. The van der Waals surface area contributed by atoms with Gasteiger partial charge in [-0.05, 0) is 62.9 Å². The monoisotopic (exact) mass is 260 g/mol. The Morgan fingerprint density at radius 3 is 2.68 bits per heavy atom. The normalized spacial score (nSPS) is 28.3. The van der Waals surface area contributed by atoms with Crippen molar-refractivity contribution < 1.29 is 5.11 Å². The molecule has 2 fully saturated rings. The van der Waals surface area contributed by atoms with Crippen LogP contribution in [0, 0.1) is 0 Å². The zero-order valence-electron chi connectivity index (χ0n) is 11.7. The SMILES string of the molecule is CN1CCCC(O)(CNc2ccc(C3CC3)cc2)C1. The van der Waals surface area contributed by atoms with E-state index in [4.69, 9.17) is 0 Å². The van der Waals surface area contributed by atoms with Gasteiger partial charge in [0.1, 0.15) is 0 Å². The second-order valence-corrected chi connectivity index (χ2v) is 6.32. The van der Waals surface area contributed by atoms with Gasteiger partial charge in [0.25, 0.3) is 0 Å². The number of aliphatic hydroxyl groups is 1. The Morgan fingerprint density at radius 2 is 2.05 bits per heavy atom. The van der Waals surface area contributed by atoms with Crippen LogP contribution in [-0.2, 0) is 0 Å². The summed E-state index contributed by atoms with van der Waals surface area (Å²) in [6.45, 7) is 2.50. The summed E-state index contributed by atoms with van der Waals surface area (Å²) in [5.41, 5.74) is 2.00. The van der Waals surface area contributed by atoms with Gasteiger partial charge in [0.15, 0.2) is 0 Å². The Kier molecular flexibility index (Phi) is 3.50. The number of β-amino-alcohol motifs (C(OH)–C–C–N with tert-alkyl or cyclic N) is 1. The van der Waals surface area contributed by atoms with Crippen molar-refractivity contribution in [2.24, 2.45) is 0 Å². The average molecular weight is 260 g/mol. The lowest BCUT2D eigenvalue weighted by Gasteiger charge is -2.37. The molecule has 0 spiro atoms. The minimum absolute atomic E-state index is 0.581. The van der Waals surface area contributed by atoms with Crippen LogP contribution < -0.4 is 5.32 Å². The Hall–Kier alpha value is -1.06. The molecule has 1 aliphatic heterocycles. The first kappa shape index (κ1) is 12.9. The fourth-order valence-electron chi connectivity index (χ4n) is 3.04. The maximum atomic E-state index is 10.6. The number of likely N-dealkylation sites (tertiary alicyclic amines) is 1. The van der Waals surface area contributed by atoms with Gasteiger partial charge >= 0.3 is 0 Å². The zero-order valence-corrected chi connectivity index (χ0v) is 11.7. The number of hydrogen-bond acceptors (Lipinski definition) is 3. The Morgan fingerprint density at radius 1 is 1.32 bits per heavy atom. The van der Waals surface area contributed by atoms with E-state index in [0.717, 1.165) is 37.5 Å². The highest BCUT2D eigenvalue weighted by atomic mass is 16.3. The molecule has 19 heavy (non-hydrogen) atoms. The molecule has 1 unspecified atom stereocenters. The van der Waals surface area contributed by atoms with Gasteiger partial charge in [-0.1, -0.05) is 12.1 Å². The summed E-state index contributed by atoms with van der Waals surface area (Å²) in [5.74, 6) is 0.810. The standard InChI is InChI=1S/C16H24N2O/c1-18-10-2-9-16(19,12-18)11-17-15-7-5-14(6-8-15)13-3-4-13/h5-8,13,17,19H,2-4,9-12H2,1H3. The van der Waals surface area contributed by atoms with E-state index in [0.29, 0.717) is 6.54 Å². The summed E-state index contributed by atoms with van der Waals surface area (Å²) < 4.78 is 0. The summed E-state index contributed by atoms with van der Waals surface area (Å²) in [4.78, 5) is 2.21. The number of hydrogen-bond donors (Lipinski definition) is 2. The molecule has 3 rings (SSSR count). The molecule has 0 amide bonds. The van der Waals surface area contributed by atoms with Crippen LogP contribution in [0.3, 0.4) is 0 Å². The maximum Gasteiger partial charge on any atom is 0.0945 e. The van der Waals surface area contributed by atoms with Crippen LogP contribution >= 0.6 is 0 Å². The van der Waals surface area contributed by atoms with Gasteiger partial charge in [-0.15, -0.1) is 0 Å². The van der Waals surface area contributed by atoms with Gasteiger partial charge in [-0.2, -0.15) is 0 Å². The summed E-state index contributed by atoms with van der Waals surface area (Å²) in [7, 11) is 2.08. The molecule has 0 radical (unpaired) electrons. The number of nitrogens with zero attached hydrogens (tertiary/aromatic N) is 1. The van der Waals surface area contributed by atoms with Crippen molar-refractivity contribution in [2.75, 3.05) is 32.0 Å². The van der Waals surface area contributed by atoms with Crippen LogP contribution in [0.15, 0.2) is 24.3 Å². The number of benzene rings is 1. The van der Waals surface area contributed by atoms with Crippen LogP contribution in [0.25, 0.3) is 0 Å². The molecule has 1 saturated carbocycles. The minimum Gasteiger partial charge on any atom is -0.387 e. The van der Waals surface area contributed by atoms with Crippen LogP contribution in [-0.4, -0.2) is 42.3 Å². The minimum atomic E-state index is -0.581. The predicted molar refractivity (Wildman–Crippen MR) is 78.6 cm³/mol. The van der Waals surface area contributed by atoms with Crippen LogP contribution in [0.4, 0.5) is 5.69 Å². The number of nitrogens with one attached hydrogen (secondary N) is 1. The molecule has 1 aromatic rings. The van der Waals surface area contributed by atoms with E-state index in [2.05, 4.69) is 41.5 Å². The molecular weight excluding hydrogens is 236 g/mol. The molecule has 1 atom stereocenters. The molecule has 1 heterocycles. The molecule has 2 aliphatic rings. The van der Waals surface area contributed by atoms with Gasteiger partial charge in [0, 0.05) is 18.8 Å². The number of anilines is 1. The van der Waals surface area contributed by atoms with Crippen molar-refractivity contribution in [2.45, 2.75) is 37.2 Å². The third-order valence-corrected chi connectivity index (χ3v) is 4.33. The summed E-state index contributed by atoms with van der Waals surface area (Å²) in [5, 5.41) is 13.9. The highest BCUT2D eigenvalue weighted by Gasteiger charge is 2.31. The highest BCUT2D eigenvalue weighted by Crippen LogP contribution is 2.40. The first-order chi connectivity index (χ1) is 9.15. The third-order valence-electron chi connectivity index (χ3n) is 4.33. The van der Waals surface area contributed by atoms with Crippen molar-refractivity contribution in [3.05, 3.63) is 29.8 Å². The van der Waals surface area contributed by atoms with Gasteiger partial charge in [-0.25, -0.2) is 0 Å². The second-order valence-electron chi connectivity index (χ2n) is 6.32. The van der Waals surface area contributed by atoms with E-state index in [9.17, 15) is 5.11 Å². The van der Waals surface area contributed by atoms with Crippen LogP contribution in [0.2, 0.25) is 0 Å². The molecule has 3 heteroatoms. The predicted octanol–water partition coefficient (Wildman–Crippen LogP) is 2.43. The molecule has 1 aromatic carbocycles. The van der Waals surface area contributed by atoms with E-state index in [1.54, 1.807) is 0 Å². The van der Waals surface area contributed by atoms with Crippen molar-refractivity contribution in [3.8, 4) is 0 Å². The average Bonchev–Trinajstić information content (AvgIpc) is 3.21. The summed E-state index contributed by atoms with van der Waals surface area (Å²) in [6.07, 6.45) is 4.66. The Labute approximate surface area is 115 Å². The maximum absolute atomic E-state index is 10.6. The quantitative estimate of drug-likeness (QED) is 0.873. The number of rotatable bonds is 4. The van der Waals surface area contributed by atoms with E-state index in [1.165, 1.54) is 18.4 Å². The zero-order chi connectivity index (χ0) is 13.3. The van der Waals surface area contributed by atoms with E-state index < -0.39 is 5.60 Å². The smallest absolute Gasteiger partial charge is 0.0945 e. The molecular formula is C16H24N2O. The van der Waals surface area contributed by atoms with Gasteiger partial charge in [0.2, 0.25) is 0 Å². The van der Waals surface area contributed by atoms with E-state index in [-0.39, 0.29) is 0 Å². The molecule has 1 aliphatic carbocycles. The van der Waals surface area contributed by atoms with Crippen molar-refractivity contribution >= 4 is 5.69 Å². The van der Waals surface area contributed by atoms with E-state index in [1.807, 2.05) is 0 Å². The van der Waals surface area contributed by atoms with Crippen molar-refractivity contribution in [1.82, 2.24) is 4.90 Å². The molecule has 0 aromatic heterocycles. The van der Waals surface area contributed by atoms with E-state index >= 15 is 0 Å². The van der Waals surface area contributed by atoms with Crippen molar-refractivity contribution in [3.63, 3.8) is 0 Å². The van der Waals surface area contributed by atoms with Crippen LogP contribution in [0.1, 0.15) is 37.2 Å². The summed E-state index contributed by atoms with van der Waals surface area (Å²) in [6, 6.07) is 8.72. The number of piperidine rings is 1. The number of likely N-dealkylation sites (N-methyl/N-ethyl adjacent to an activating group) is 1. The molecule has 1 saturated heterocycles. The molecule has 104 valence electrons. The Bertz CT molecular complexity index is 427. The topological polar surface area (TPSA) is 35.5 Å². The summed E-state index contributed by atoms with van der Waals surface area (Å²) >= 11 is 0. The largest absolute Gasteiger partial charge is 0.387 e. The highest BCUT2D eigenvalue weighted by molar-refractivity contribution is 5.46. The fraction of sp³-hybridized carbons (Fsp3) is 0.625. The van der Waals surface area contributed by atoms with Crippen molar-refractivity contribution in [1.29, 1.82) is 0 Å². The second kappa shape index (κ2) is 5.14. The molecule has 0 bridgehead atoms. The first-order valence-electron chi connectivity index (χ1n) is 7.39. The van der Waals surface area contributed by atoms with Crippen LogP contribution in [0.5, 0.6) is 0 Å².